The molecule has 1 unspecified atom stereocenters. The van der Waals surface area contributed by atoms with Gasteiger partial charge in [0.1, 0.15) is 24.1 Å². The van der Waals surface area contributed by atoms with E-state index in [1.54, 1.807) is 24.3 Å². The Morgan fingerprint density at radius 3 is 2.26 bits per heavy atom. The van der Waals surface area contributed by atoms with Crippen molar-refractivity contribution in [2.24, 2.45) is 0 Å². The van der Waals surface area contributed by atoms with Gasteiger partial charge in [-0.05, 0) is 43.9 Å². The van der Waals surface area contributed by atoms with Gasteiger partial charge in [0.05, 0.1) is 19.6 Å². The lowest BCUT2D eigenvalue weighted by Crippen LogP contribution is -2.57. The number of nitrogens with one attached hydrogen (secondary N) is 2. The molecular weight excluding hydrogens is 528 g/mol. The summed E-state index contributed by atoms with van der Waals surface area (Å²) in [4.78, 5) is 37.0. The molecule has 0 aliphatic carbocycles. The second-order valence-electron chi connectivity index (χ2n) is 8.94. The molecule has 1 fully saturated rings. The minimum absolute atomic E-state index is 0.0318. The number of benzene rings is 2. The molecule has 0 radical (unpaired) electrons. The fourth-order valence-electron chi connectivity index (χ4n) is 4.13. The molecule has 1 saturated heterocycles. The van der Waals surface area contributed by atoms with Gasteiger partial charge in [-0.25, -0.2) is 8.78 Å². The van der Waals surface area contributed by atoms with Crippen molar-refractivity contribution in [3.05, 3.63) is 59.2 Å². The van der Waals surface area contributed by atoms with Gasteiger partial charge < -0.3 is 24.6 Å². The average Bonchev–Trinajstić information content (AvgIpc) is 2.91. The Balaban J connectivity index is 1.73. The number of halogens is 4. The molecule has 1 aliphatic rings. The van der Waals surface area contributed by atoms with Gasteiger partial charge in [0, 0.05) is 12.7 Å². The Bertz CT molecular complexity index is 1180. The first-order valence-electron chi connectivity index (χ1n) is 12.0. The van der Waals surface area contributed by atoms with Gasteiger partial charge in [0.2, 0.25) is 17.5 Å². The average molecular weight is 557 g/mol. The van der Waals surface area contributed by atoms with Gasteiger partial charge in [-0.15, -0.1) is 0 Å². The highest BCUT2D eigenvalue weighted by Crippen LogP contribution is 2.34. The van der Waals surface area contributed by atoms with Gasteiger partial charge in [-0.3, -0.25) is 19.7 Å². The van der Waals surface area contributed by atoms with E-state index < -0.39 is 77.5 Å². The number of hydrogen-bond acceptors (Lipinski definition) is 7. The standard InChI is InChI=1S/C26H28F4N2O7/c1-14(32-26(9-3-4-10-39-26)15-5-7-16(37-2)8-6-15)25(36)31-19(12-21(34)35)20(33)13-38-24-22(29)17(27)11-18(28)23(24)30/h5-8,11,14,19,32H,3-4,9-10,12-13H2,1-2H3,(H,31,36)(H,34,35)/t14-,19-,26?/m0/s1. The molecule has 3 rings (SSSR count). The molecule has 3 N–H and O–H groups in total. The highest BCUT2D eigenvalue weighted by atomic mass is 19.2. The Morgan fingerprint density at radius 1 is 1.08 bits per heavy atom. The summed E-state index contributed by atoms with van der Waals surface area (Å²) >= 11 is 0. The van der Waals surface area contributed by atoms with Crippen molar-refractivity contribution < 1.29 is 51.3 Å². The third kappa shape index (κ3) is 7.24. The molecule has 9 nitrogen and oxygen atoms in total. The number of carboxylic acid groups (broad SMARTS) is 1. The number of amides is 1. The van der Waals surface area contributed by atoms with Crippen molar-refractivity contribution in [2.45, 2.75) is 50.4 Å². The van der Waals surface area contributed by atoms with Gasteiger partial charge in [-0.2, -0.15) is 8.78 Å². The summed E-state index contributed by atoms with van der Waals surface area (Å²) in [7, 11) is 1.52. The fourth-order valence-corrected chi connectivity index (χ4v) is 4.13. The lowest BCUT2D eigenvalue weighted by molar-refractivity contribution is -0.142. The van der Waals surface area contributed by atoms with E-state index in [1.165, 1.54) is 14.0 Å². The molecule has 3 atom stereocenters. The van der Waals surface area contributed by atoms with E-state index >= 15 is 0 Å². The summed E-state index contributed by atoms with van der Waals surface area (Å²) < 4.78 is 70.4. The SMILES string of the molecule is COc1ccc(C2(N[C@@H](C)C(=O)N[C@@H](CC(=O)O)C(=O)COc3c(F)c(F)cc(F)c3F)CCCCO2)cc1. The Morgan fingerprint density at radius 2 is 1.72 bits per heavy atom. The second-order valence-corrected chi connectivity index (χ2v) is 8.94. The topological polar surface area (TPSA) is 123 Å². The number of carboxylic acids is 1. The Hall–Kier alpha value is -3.71. The summed E-state index contributed by atoms with van der Waals surface area (Å²) in [5.41, 5.74) is -0.326. The first kappa shape index (κ1) is 29.8. The van der Waals surface area contributed by atoms with Crippen LogP contribution in [0.5, 0.6) is 11.5 Å². The lowest BCUT2D eigenvalue weighted by atomic mass is 9.93. The first-order chi connectivity index (χ1) is 18.5. The second kappa shape index (κ2) is 12.9. The molecule has 39 heavy (non-hydrogen) atoms. The quantitative estimate of drug-likeness (QED) is 0.269. The van der Waals surface area contributed by atoms with Crippen LogP contribution in [0.3, 0.4) is 0 Å². The monoisotopic (exact) mass is 556 g/mol. The van der Waals surface area contributed by atoms with Crippen LogP contribution in [0.25, 0.3) is 0 Å². The number of aliphatic carboxylic acids is 1. The summed E-state index contributed by atoms with van der Waals surface area (Å²) in [5, 5.41) is 14.6. The van der Waals surface area contributed by atoms with Gasteiger partial charge in [0.25, 0.3) is 0 Å². The van der Waals surface area contributed by atoms with E-state index in [1.807, 2.05) is 0 Å². The van der Waals surface area contributed by atoms with Crippen molar-refractivity contribution in [1.82, 2.24) is 10.6 Å². The predicted octanol–water partition coefficient (Wildman–Crippen LogP) is 3.19. The van der Waals surface area contributed by atoms with Crippen LogP contribution in [0, 0.1) is 23.3 Å². The van der Waals surface area contributed by atoms with Crippen molar-refractivity contribution >= 4 is 17.7 Å². The van der Waals surface area contributed by atoms with Crippen LogP contribution < -0.4 is 20.1 Å². The highest BCUT2D eigenvalue weighted by Gasteiger charge is 2.38. The number of Topliss-reactive ketones (excluding diaryl/α,β-unsaturated/α-hetero) is 1. The minimum Gasteiger partial charge on any atom is -0.497 e. The van der Waals surface area contributed by atoms with E-state index in [-0.39, 0.29) is 6.07 Å². The summed E-state index contributed by atoms with van der Waals surface area (Å²) in [6, 6.07) is 4.33. The van der Waals surface area contributed by atoms with Crippen LogP contribution in [-0.4, -0.2) is 55.2 Å². The number of methoxy groups -OCH3 is 1. The molecule has 1 aliphatic heterocycles. The Kier molecular flexibility index (Phi) is 9.86. The van der Waals surface area contributed by atoms with Crippen LogP contribution in [-0.2, 0) is 24.8 Å². The van der Waals surface area contributed by atoms with E-state index in [0.717, 1.165) is 18.4 Å². The third-order valence-corrected chi connectivity index (χ3v) is 6.19. The molecule has 212 valence electrons. The molecule has 13 heteroatoms. The molecule has 0 aromatic heterocycles. The zero-order chi connectivity index (χ0) is 28.7. The smallest absolute Gasteiger partial charge is 0.305 e. The van der Waals surface area contributed by atoms with Crippen LogP contribution in [0.1, 0.15) is 38.2 Å². The van der Waals surface area contributed by atoms with Crippen molar-refractivity contribution in [2.75, 3.05) is 20.3 Å². The van der Waals surface area contributed by atoms with Crippen LogP contribution >= 0.6 is 0 Å². The van der Waals surface area contributed by atoms with Crippen molar-refractivity contribution in [1.29, 1.82) is 0 Å². The fraction of sp³-hybridized carbons (Fsp3) is 0.423. The van der Waals surface area contributed by atoms with Crippen LogP contribution in [0.2, 0.25) is 0 Å². The van der Waals surface area contributed by atoms with Gasteiger partial charge >= 0.3 is 5.97 Å². The summed E-state index contributed by atoms with van der Waals surface area (Å²) in [6.45, 7) is 0.728. The summed E-state index contributed by atoms with van der Waals surface area (Å²) in [5.74, 6) is -11.4. The molecule has 0 saturated carbocycles. The maximum absolute atomic E-state index is 13.9. The van der Waals surface area contributed by atoms with E-state index in [0.29, 0.717) is 18.8 Å². The molecule has 0 spiro atoms. The number of hydrogen-bond donors (Lipinski definition) is 3. The number of rotatable bonds is 12. The minimum atomic E-state index is -1.87. The van der Waals surface area contributed by atoms with Crippen LogP contribution in [0.4, 0.5) is 17.6 Å². The van der Waals surface area contributed by atoms with Crippen molar-refractivity contribution in [3.8, 4) is 11.5 Å². The molecule has 2 aromatic rings. The lowest BCUT2D eigenvalue weighted by Gasteiger charge is -2.40. The maximum Gasteiger partial charge on any atom is 0.305 e. The van der Waals surface area contributed by atoms with Crippen molar-refractivity contribution in [3.63, 3.8) is 0 Å². The Labute approximate surface area is 221 Å². The van der Waals surface area contributed by atoms with Gasteiger partial charge in [0.15, 0.2) is 23.2 Å². The number of ether oxygens (including phenoxy) is 3. The zero-order valence-corrected chi connectivity index (χ0v) is 21.2. The molecular formula is C26H28F4N2O7. The normalized spacial score (nSPS) is 18.6. The van der Waals surface area contributed by atoms with E-state index in [2.05, 4.69) is 15.4 Å². The predicted molar refractivity (Wildman–Crippen MR) is 128 cm³/mol. The van der Waals surface area contributed by atoms with Gasteiger partial charge in [-0.1, -0.05) is 12.1 Å². The highest BCUT2D eigenvalue weighted by molar-refractivity contribution is 5.94. The number of ketones is 1. The third-order valence-electron chi connectivity index (χ3n) is 6.19. The summed E-state index contributed by atoms with van der Waals surface area (Å²) in [6.07, 6.45) is 1.23. The molecule has 1 amide bonds. The van der Waals surface area contributed by atoms with Crippen LogP contribution in [0.15, 0.2) is 30.3 Å². The maximum atomic E-state index is 13.9. The molecule has 2 aromatic carbocycles. The first-order valence-corrected chi connectivity index (χ1v) is 12.0. The zero-order valence-electron chi connectivity index (χ0n) is 21.2. The number of carbonyl (C=O) groups is 3. The molecule has 1 heterocycles. The van der Waals surface area contributed by atoms with E-state index in [9.17, 15) is 37.1 Å². The number of carbonyl (C=O) groups excluding carboxylic acids is 2. The molecule has 0 bridgehead atoms. The van der Waals surface area contributed by atoms with E-state index in [4.69, 9.17) is 9.47 Å². The largest absolute Gasteiger partial charge is 0.497 e.